The molecule has 0 saturated carbocycles. The molecule has 1 N–H and O–H groups in total. The van der Waals surface area contributed by atoms with Gasteiger partial charge in [-0.25, -0.2) is 8.42 Å². The van der Waals surface area contributed by atoms with Gasteiger partial charge in [-0.15, -0.1) is 11.8 Å². The molecule has 0 spiro atoms. The molecular weight excluding hydrogens is 360 g/mol. The Kier molecular flexibility index (Phi) is 4.71. The van der Waals surface area contributed by atoms with Gasteiger partial charge in [0.15, 0.2) is 15.6 Å². The van der Waals surface area contributed by atoms with Crippen LogP contribution < -0.4 is 0 Å². The van der Waals surface area contributed by atoms with Gasteiger partial charge in [0.25, 0.3) is 0 Å². The average molecular weight is 376 g/mol. The number of thioether (sulfide) groups is 1. The zero-order valence-corrected chi connectivity index (χ0v) is 15.1. The third-order valence-corrected chi connectivity index (χ3v) is 6.30. The maximum Gasteiger partial charge on any atom is 0.307 e. The number of carboxylic acid groups (broad SMARTS) is 1. The maximum atomic E-state index is 12.9. The summed E-state index contributed by atoms with van der Waals surface area (Å²) < 4.78 is 23.1. The highest BCUT2D eigenvalue weighted by molar-refractivity contribution is 7.99. The minimum atomic E-state index is -3.32. The molecule has 0 saturated heterocycles. The number of ketones is 1. The van der Waals surface area contributed by atoms with Gasteiger partial charge in [0.1, 0.15) is 0 Å². The fourth-order valence-corrected chi connectivity index (χ4v) is 4.64. The van der Waals surface area contributed by atoms with Gasteiger partial charge in [-0.2, -0.15) is 0 Å². The summed E-state index contributed by atoms with van der Waals surface area (Å²) in [5.41, 5.74) is 2.47. The van der Waals surface area contributed by atoms with E-state index in [4.69, 9.17) is 5.11 Å². The van der Waals surface area contributed by atoms with E-state index in [2.05, 4.69) is 0 Å². The Morgan fingerprint density at radius 2 is 1.84 bits per heavy atom. The predicted molar refractivity (Wildman–Crippen MR) is 95.2 cm³/mol. The van der Waals surface area contributed by atoms with Crippen LogP contribution in [0.15, 0.2) is 46.2 Å². The molecule has 3 rings (SSSR count). The molecule has 0 aliphatic carbocycles. The molecule has 0 fully saturated rings. The Morgan fingerprint density at radius 1 is 1.16 bits per heavy atom. The van der Waals surface area contributed by atoms with Crippen molar-refractivity contribution in [2.45, 2.75) is 22.6 Å². The second kappa shape index (κ2) is 6.65. The Balaban J connectivity index is 2.02. The van der Waals surface area contributed by atoms with Crippen molar-refractivity contribution in [1.82, 2.24) is 0 Å². The molecule has 0 atom stereocenters. The van der Waals surface area contributed by atoms with Crippen LogP contribution >= 0.6 is 11.8 Å². The van der Waals surface area contributed by atoms with E-state index in [1.54, 1.807) is 17.8 Å². The number of hydrogen-bond donors (Lipinski definition) is 1. The van der Waals surface area contributed by atoms with Gasteiger partial charge < -0.3 is 5.11 Å². The highest BCUT2D eigenvalue weighted by Crippen LogP contribution is 2.36. The van der Waals surface area contributed by atoms with Gasteiger partial charge in [0.2, 0.25) is 0 Å². The summed E-state index contributed by atoms with van der Waals surface area (Å²) in [5, 5.41) is 9.02. The molecule has 0 unspecified atom stereocenters. The SMILES string of the molecule is CS(=O)(=O)c1ccc(C(=O)c2cc(CC(=O)O)cc3c2SCC3)cc1. The Labute approximate surface area is 150 Å². The number of aliphatic carboxylic acids is 1. The van der Waals surface area contributed by atoms with Crippen molar-refractivity contribution >= 4 is 33.4 Å². The van der Waals surface area contributed by atoms with E-state index in [1.807, 2.05) is 6.07 Å². The van der Waals surface area contributed by atoms with E-state index in [-0.39, 0.29) is 17.1 Å². The van der Waals surface area contributed by atoms with E-state index >= 15 is 0 Å². The third kappa shape index (κ3) is 3.77. The van der Waals surface area contributed by atoms with Crippen molar-refractivity contribution in [1.29, 1.82) is 0 Å². The molecule has 1 aliphatic heterocycles. The van der Waals surface area contributed by atoms with Crippen LogP contribution in [0.1, 0.15) is 27.0 Å². The molecule has 0 amide bonds. The molecule has 0 bridgehead atoms. The van der Waals surface area contributed by atoms with E-state index in [0.29, 0.717) is 16.7 Å². The predicted octanol–water partition coefficient (Wildman–Crippen LogP) is 2.60. The molecule has 1 aliphatic rings. The van der Waals surface area contributed by atoms with Crippen molar-refractivity contribution in [2.24, 2.45) is 0 Å². The normalized spacial score (nSPS) is 13.5. The number of fused-ring (bicyclic) bond motifs is 1. The number of carboxylic acids is 1. The van der Waals surface area contributed by atoms with Gasteiger partial charge in [-0.3, -0.25) is 9.59 Å². The maximum absolute atomic E-state index is 12.9. The first-order valence-electron chi connectivity index (χ1n) is 7.61. The molecule has 5 nitrogen and oxygen atoms in total. The lowest BCUT2D eigenvalue weighted by atomic mass is 9.96. The van der Waals surface area contributed by atoms with Crippen molar-refractivity contribution in [3.63, 3.8) is 0 Å². The van der Waals surface area contributed by atoms with E-state index in [9.17, 15) is 18.0 Å². The van der Waals surface area contributed by atoms with Crippen LogP contribution in [0.25, 0.3) is 0 Å². The fraction of sp³-hybridized carbons (Fsp3) is 0.222. The van der Waals surface area contributed by atoms with Crippen LogP contribution in [0, 0.1) is 0 Å². The number of carbonyl (C=O) groups is 2. The van der Waals surface area contributed by atoms with Gasteiger partial charge >= 0.3 is 5.97 Å². The first-order valence-corrected chi connectivity index (χ1v) is 10.5. The van der Waals surface area contributed by atoms with Crippen LogP contribution in [0.3, 0.4) is 0 Å². The highest BCUT2D eigenvalue weighted by Gasteiger charge is 2.23. The average Bonchev–Trinajstić information content (AvgIpc) is 3.00. The van der Waals surface area contributed by atoms with Crippen LogP contribution in [0.2, 0.25) is 0 Å². The molecular formula is C18H16O5S2. The second-order valence-electron chi connectivity index (χ2n) is 5.93. The lowest BCUT2D eigenvalue weighted by molar-refractivity contribution is -0.136. The smallest absolute Gasteiger partial charge is 0.307 e. The molecule has 25 heavy (non-hydrogen) atoms. The number of rotatable bonds is 5. The molecule has 1 heterocycles. The summed E-state index contributed by atoms with van der Waals surface area (Å²) >= 11 is 1.59. The van der Waals surface area contributed by atoms with E-state index < -0.39 is 15.8 Å². The van der Waals surface area contributed by atoms with Gasteiger partial charge in [0.05, 0.1) is 11.3 Å². The summed E-state index contributed by atoms with van der Waals surface area (Å²) in [5.74, 6) is -0.307. The van der Waals surface area contributed by atoms with Gasteiger partial charge in [0, 0.05) is 28.0 Å². The van der Waals surface area contributed by atoms with Crippen LogP contribution in [-0.4, -0.2) is 37.3 Å². The summed E-state index contributed by atoms with van der Waals surface area (Å²) in [4.78, 5) is 24.9. The Hall–Kier alpha value is -2.12. The van der Waals surface area contributed by atoms with Crippen molar-refractivity contribution < 1.29 is 23.1 Å². The van der Waals surface area contributed by atoms with Gasteiger partial charge in [-0.05, 0) is 47.9 Å². The summed E-state index contributed by atoms with van der Waals surface area (Å²) in [7, 11) is -3.32. The van der Waals surface area contributed by atoms with Gasteiger partial charge in [-0.1, -0.05) is 6.07 Å². The monoisotopic (exact) mass is 376 g/mol. The first-order chi connectivity index (χ1) is 11.8. The lowest BCUT2D eigenvalue weighted by Crippen LogP contribution is -2.08. The fourth-order valence-electron chi connectivity index (χ4n) is 2.83. The number of sulfone groups is 1. The summed E-state index contributed by atoms with van der Waals surface area (Å²) in [6.07, 6.45) is 1.79. The van der Waals surface area contributed by atoms with E-state index in [0.717, 1.165) is 28.9 Å². The zero-order valence-electron chi connectivity index (χ0n) is 13.5. The van der Waals surface area contributed by atoms with Crippen LogP contribution in [-0.2, 0) is 27.5 Å². The topological polar surface area (TPSA) is 88.5 Å². The third-order valence-electron chi connectivity index (χ3n) is 3.99. The molecule has 2 aromatic rings. The zero-order chi connectivity index (χ0) is 18.2. The molecule has 0 aromatic heterocycles. The van der Waals surface area contributed by atoms with E-state index in [1.165, 1.54) is 24.3 Å². The summed E-state index contributed by atoms with van der Waals surface area (Å²) in [6.45, 7) is 0. The van der Waals surface area contributed by atoms with Crippen molar-refractivity contribution in [2.75, 3.05) is 12.0 Å². The van der Waals surface area contributed by atoms with Crippen LogP contribution in [0.4, 0.5) is 0 Å². The first kappa shape index (κ1) is 17.7. The van der Waals surface area contributed by atoms with Crippen LogP contribution in [0.5, 0.6) is 0 Å². The molecule has 0 radical (unpaired) electrons. The Morgan fingerprint density at radius 3 is 2.44 bits per heavy atom. The molecule has 130 valence electrons. The second-order valence-corrected chi connectivity index (χ2v) is 9.05. The quantitative estimate of drug-likeness (QED) is 0.807. The number of aryl methyl sites for hydroxylation is 1. The van der Waals surface area contributed by atoms with Crippen molar-refractivity contribution in [3.8, 4) is 0 Å². The minimum Gasteiger partial charge on any atom is -0.481 e. The highest BCUT2D eigenvalue weighted by atomic mass is 32.2. The largest absolute Gasteiger partial charge is 0.481 e. The summed E-state index contributed by atoms with van der Waals surface area (Å²) in [6, 6.07) is 9.31. The number of carbonyl (C=O) groups excluding carboxylic acids is 1. The Bertz CT molecular complexity index is 960. The lowest BCUT2D eigenvalue weighted by Gasteiger charge is -2.10. The van der Waals surface area contributed by atoms with Crippen molar-refractivity contribution in [3.05, 3.63) is 58.7 Å². The molecule has 2 aromatic carbocycles. The standard InChI is InChI=1S/C18H16O5S2/c1-25(22,23)14-4-2-12(3-5-14)17(21)15-9-11(10-16(19)20)8-13-6-7-24-18(13)15/h2-5,8-9H,6-7,10H2,1H3,(H,19,20). The number of benzene rings is 2. The minimum absolute atomic E-state index is 0.134. The number of hydrogen-bond acceptors (Lipinski definition) is 5. The molecule has 7 heteroatoms.